The molecule has 0 radical (unpaired) electrons. The molecule has 14 heteroatoms. The van der Waals surface area contributed by atoms with Crippen LogP contribution in [0, 0.1) is 24.7 Å². The lowest BCUT2D eigenvalue weighted by molar-refractivity contribution is -0.159. The average Bonchev–Trinajstić information content (AvgIpc) is 3.40. The second-order valence-corrected chi connectivity index (χ2v) is 16.4. The normalized spacial score (nSPS) is 28.9. The zero-order valence-corrected chi connectivity index (χ0v) is 34.5. The number of carbonyl (C=O) groups is 3. The van der Waals surface area contributed by atoms with Crippen molar-refractivity contribution in [1.82, 2.24) is 4.98 Å². The van der Waals surface area contributed by atoms with Crippen LogP contribution in [0.3, 0.4) is 0 Å². The molecule has 0 spiro atoms. The zero-order chi connectivity index (χ0) is 40.4. The second-order valence-electron chi connectivity index (χ2n) is 15.1. The third kappa shape index (κ3) is 6.87. The highest BCUT2D eigenvalue weighted by Gasteiger charge is 2.51. The molecule has 7 rings (SSSR count). The third-order valence-electron chi connectivity index (χ3n) is 10.7. The molecule has 4 heterocycles. The predicted molar refractivity (Wildman–Crippen MR) is 214 cm³/mol. The Labute approximate surface area is 336 Å². The maximum atomic E-state index is 15.2. The fraction of sp³-hybridized carbons (Fsp3) is 0.405. The van der Waals surface area contributed by atoms with E-state index in [4.69, 9.17) is 44.7 Å². The Kier molecular flexibility index (Phi) is 10.6. The maximum absolute atomic E-state index is 15.2. The molecule has 12 nitrogen and oxygen atoms in total. The maximum Gasteiger partial charge on any atom is 0.312 e. The molecule has 7 atom stereocenters. The first-order valence-corrected chi connectivity index (χ1v) is 19.6. The van der Waals surface area contributed by atoms with Crippen LogP contribution in [0.5, 0.6) is 11.5 Å². The van der Waals surface area contributed by atoms with E-state index < -0.39 is 53.1 Å². The van der Waals surface area contributed by atoms with Crippen LogP contribution in [-0.2, 0) is 23.8 Å². The number of hydrogen-bond acceptors (Lipinski definition) is 11. The number of halogens is 2. The van der Waals surface area contributed by atoms with Gasteiger partial charge in [0, 0.05) is 47.9 Å². The molecule has 56 heavy (non-hydrogen) atoms. The minimum Gasteiger partial charge on any atom is -0.485 e. The summed E-state index contributed by atoms with van der Waals surface area (Å²) in [4.78, 5) is 61.6. The van der Waals surface area contributed by atoms with Crippen molar-refractivity contribution in [1.29, 1.82) is 0 Å². The Morgan fingerprint density at radius 2 is 1.82 bits per heavy atom. The first kappa shape index (κ1) is 39.5. The highest BCUT2D eigenvalue weighted by Crippen LogP contribution is 2.52. The van der Waals surface area contributed by atoms with Gasteiger partial charge < -0.3 is 33.4 Å². The van der Waals surface area contributed by atoms with Gasteiger partial charge in [-0.25, -0.2) is 4.98 Å². The first-order chi connectivity index (χ1) is 26.5. The number of nitrogens with one attached hydrogen (secondary N) is 1. The molecule has 0 fully saturated rings. The number of aromatic nitrogens is 1. The SMILES string of the molecule is CO[C@H]1/C=C/O[C@@]2(C)Oc3c(C)c4c5c(=O)c(c6oc7cc(Br)c(Cl)cc7nc-6c5c3C2=O)NC(=O)/C(C)=C\C=C\C(C)C[C@@H](C)CC(O4)C(OC(C)=O)[C@@H]1C. The topological polar surface area (TPSA) is 152 Å². The monoisotopic (exact) mass is 848 g/mol. The predicted octanol–water partition coefficient (Wildman–Crippen LogP) is 8.84. The number of fused-ring (bicyclic) bond motifs is 8. The van der Waals surface area contributed by atoms with E-state index in [1.54, 1.807) is 38.1 Å². The fourth-order valence-electron chi connectivity index (χ4n) is 7.92. The van der Waals surface area contributed by atoms with Gasteiger partial charge in [-0.1, -0.05) is 50.6 Å². The molecule has 1 aliphatic carbocycles. The van der Waals surface area contributed by atoms with Crippen molar-refractivity contribution in [3.8, 4) is 23.0 Å². The number of carbonyl (C=O) groups excluding carboxylic acids is 3. The molecule has 2 aromatic carbocycles. The van der Waals surface area contributed by atoms with E-state index in [-0.39, 0.29) is 62.4 Å². The lowest BCUT2D eigenvalue weighted by atomic mass is 9.85. The van der Waals surface area contributed by atoms with Crippen LogP contribution >= 0.6 is 27.5 Å². The van der Waals surface area contributed by atoms with E-state index in [9.17, 15) is 14.4 Å². The van der Waals surface area contributed by atoms with Gasteiger partial charge in [0.1, 0.15) is 40.6 Å². The van der Waals surface area contributed by atoms with Gasteiger partial charge in [-0.05, 0) is 72.7 Å². The lowest BCUT2D eigenvalue weighted by Gasteiger charge is -2.36. The van der Waals surface area contributed by atoms with Gasteiger partial charge in [0.15, 0.2) is 11.3 Å². The Morgan fingerprint density at radius 1 is 1.07 bits per heavy atom. The molecule has 294 valence electrons. The van der Waals surface area contributed by atoms with Crippen molar-refractivity contribution >= 4 is 72.8 Å². The van der Waals surface area contributed by atoms with Gasteiger partial charge in [0.25, 0.3) is 11.7 Å². The number of rotatable bonds is 2. The molecule has 0 saturated carbocycles. The summed E-state index contributed by atoms with van der Waals surface area (Å²) in [5.74, 6) is -3.92. The number of anilines is 1. The van der Waals surface area contributed by atoms with E-state index in [0.717, 1.165) is 6.42 Å². The summed E-state index contributed by atoms with van der Waals surface area (Å²) in [5, 5.41) is 3.16. The largest absolute Gasteiger partial charge is 0.485 e. The van der Waals surface area contributed by atoms with Crippen molar-refractivity contribution in [3.05, 3.63) is 79.1 Å². The highest BCUT2D eigenvalue weighted by molar-refractivity contribution is 9.10. The quantitative estimate of drug-likeness (QED) is 0.117. The summed E-state index contributed by atoms with van der Waals surface area (Å²) in [6, 6.07) is 3.19. The van der Waals surface area contributed by atoms with Crippen molar-refractivity contribution in [2.75, 3.05) is 12.4 Å². The van der Waals surface area contributed by atoms with Crippen LogP contribution in [0.15, 0.2) is 62.0 Å². The Hall–Kier alpha value is -4.72. The summed E-state index contributed by atoms with van der Waals surface area (Å²) in [7, 11) is 1.52. The van der Waals surface area contributed by atoms with Crippen LogP contribution in [-0.4, -0.2) is 53.9 Å². The fourth-order valence-corrected chi connectivity index (χ4v) is 8.40. The van der Waals surface area contributed by atoms with Gasteiger partial charge in [-0.15, -0.1) is 0 Å². The number of esters is 1. The minimum atomic E-state index is -1.89. The van der Waals surface area contributed by atoms with Gasteiger partial charge >= 0.3 is 11.8 Å². The van der Waals surface area contributed by atoms with Gasteiger partial charge in [0.05, 0.1) is 28.3 Å². The summed E-state index contributed by atoms with van der Waals surface area (Å²) >= 11 is 9.94. The van der Waals surface area contributed by atoms with E-state index in [2.05, 4.69) is 35.1 Å². The van der Waals surface area contributed by atoms with Crippen LogP contribution < -0.4 is 20.2 Å². The van der Waals surface area contributed by atoms with Crippen molar-refractivity contribution in [2.24, 2.45) is 17.8 Å². The Morgan fingerprint density at radius 3 is 2.54 bits per heavy atom. The van der Waals surface area contributed by atoms with E-state index in [0.29, 0.717) is 32.6 Å². The molecular formula is C42H42BrClN2O10. The number of ketones is 1. The first-order valence-electron chi connectivity index (χ1n) is 18.4. The summed E-state index contributed by atoms with van der Waals surface area (Å²) in [6.45, 7) is 12.2. The molecular weight excluding hydrogens is 808 g/mol. The highest BCUT2D eigenvalue weighted by atomic mass is 79.9. The zero-order valence-electron chi connectivity index (χ0n) is 32.2. The molecule has 0 aromatic heterocycles. The van der Waals surface area contributed by atoms with E-state index in [1.165, 1.54) is 27.2 Å². The molecule has 1 amide bonds. The van der Waals surface area contributed by atoms with Crippen molar-refractivity contribution in [2.45, 2.75) is 85.4 Å². The van der Waals surface area contributed by atoms with Crippen LogP contribution in [0.4, 0.5) is 5.69 Å². The minimum absolute atomic E-state index is 0.00266. The Balaban J connectivity index is 1.66. The number of Topliss-reactive ketones (excluding diaryl/α,β-unsaturated/α-hetero) is 1. The molecule has 5 aliphatic rings. The number of ether oxygens (including phenoxy) is 5. The van der Waals surface area contributed by atoms with Crippen molar-refractivity contribution in [3.63, 3.8) is 0 Å². The molecule has 0 saturated heterocycles. The molecule has 4 aliphatic heterocycles. The van der Waals surface area contributed by atoms with Gasteiger partial charge in [-0.3, -0.25) is 19.2 Å². The standard InChI is InChI=1S/C42H42BrClN2O10/c1-18-10-9-11-20(3)41(50)46-34-35(48)31-30(33-39(34)54-28-16-24(43)25(44)17-26(28)45-33)32-38-22(5)37(31)55-29(15-19(2)14-18)36(53-23(6)47)21(4)27(51-8)12-13-52-42(7,56-38)40(32)49/h9-13,16-19,21,27,29,36H,14-15H2,1-8H3,(H,46,50)/b10-9+,13-12+,20-11-/t18?,19-,21-,27+,29?,36?,42+/m1/s1. The molecule has 3 unspecified atom stereocenters. The van der Waals surface area contributed by atoms with Crippen molar-refractivity contribution < 1.29 is 42.5 Å². The van der Waals surface area contributed by atoms with Crippen LogP contribution in [0.2, 0.25) is 5.02 Å². The average molecular weight is 850 g/mol. The van der Waals surface area contributed by atoms with E-state index in [1.807, 2.05) is 19.1 Å². The summed E-state index contributed by atoms with van der Waals surface area (Å²) in [5.41, 5.74) is 0.370. The summed E-state index contributed by atoms with van der Waals surface area (Å²) < 4.78 is 38.5. The Bertz CT molecular complexity index is 2440. The number of methoxy groups -OCH3 is 1. The van der Waals surface area contributed by atoms with Gasteiger partial charge in [-0.2, -0.15) is 0 Å². The molecule has 2 aromatic rings. The second kappa shape index (κ2) is 15.0. The number of hydrogen-bond donors (Lipinski definition) is 1. The molecule has 6 bridgehead atoms. The number of nitrogens with zero attached hydrogens (tertiary/aromatic N) is 1. The smallest absolute Gasteiger partial charge is 0.312 e. The number of amides is 1. The lowest BCUT2D eigenvalue weighted by Crippen LogP contribution is -2.45. The summed E-state index contributed by atoms with van der Waals surface area (Å²) in [6.07, 6.45) is 7.15. The number of allylic oxidation sites excluding steroid dienone is 3. The van der Waals surface area contributed by atoms with Crippen LogP contribution in [0.25, 0.3) is 33.3 Å². The molecule has 1 N–H and O–H groups in total. The van der Waals surface area contributed by atoms with Gasteiger partial charge in [0.2, 0.25) is 5.43 Å². The third-order valence-corrected chi connectivity index (χ3v) is 11.9. The van der Waals surface area contributed by atoms with Crippen LogP contribution in [0.1, 0.15) is 70.3 Å². The van der Waals surface area contributed by atoms with E-state index >= 15 is 4.79 Å². The number of benzene rings is 3.